The average molecular weight is 153 g/mol. The maximum absolute atomic E-state index is 3.40. The molecule has 0 spiro atoms. The van der Waals surface area contributed by atoms with Gasteiger partial charge in [0.25, 0.3) is 0 Å². The van der Waals surface area contributed by atoms with Gasteiger partial charge in [0.1, 0.15) is 0 Å². The monoisotopic (exact) mass is 153 g/mol. The van der Waals surface area contributed by atoms with E-state index in [1.807, 2.05) is 0 Å². The molecule has 1 heteroatoms. The molecule has 1 heterocycles. The van der Waals surface area contributed by atoms with Crippen molar-refractivity contribution in [2.24, 2.45) is 5.92 Å². The van der Waals surface area contributed by atoms with Gasteiger partial charge in [-0.25, -0.2) is 0 Å². The maximum atomic E-state index is 3.40. The number of rotatable bonds is 2. The van der Waals surface area contributed by atoms with E-state index in [1.54, 1.807) is 11.1 Å². The third-order valence-electron chi connectivity index (χ3n) is 2.88. The molecule has 0 bridgehead atoms. The molecular weight excluding hydrogens is 134 g/mol. The normalized spacial score (nSPS) is 27.0. The first kappa shape index (κ1) is 8.79. The second kappa shape index (κ2) is 3.91. The molecule has 0 aromatic heterocycles. The van der Waals surface area contributed by atoms with E-state index in [1.165, 1.54) is 25.9 Å². The smallest absolute Gasteiger partial charge is 0.00173 e. The van der Waals surface area contributed by atoms with E-state index in [-0.39, 0.29) is 0 Å². The molecule has 0 aliphatic carbocycles. The van der Waals surface area contributed by atoms with Gasteiger partial charge in [0, 0.05) is 6.54 Å². The van der Waals surface area contributed by atoms with Crippen LogP contribution < -0.4 is 5.32 Å². The summed E-state index contributed by atoms with van der Waals surface area (Å²) < 4.78 is 0. The predicted molar refractivity (Wildman–Crippen MR) is 49.6 cm³/mol. The first-order chi connectivity index (χ1) is 5.25. The fraction of sp³-hybridized carbons (Fsp3) is 0.800. The Hall–Kier alpha value is -0.300. The molecule has 1 atom stereocenters. The molecule has 1 saturated heterocycles. The van der Waals surface area contributed by atoms with E-state index in [0.717, 1.165) is 5.92 Å². The van der Waals surface area contributed by atoms with Crippen molar-refractivity contribution in [2.45, 2.75) is 33.6 Å². The molecule has 1 unspecified atom stereocenters. The molecule has 11 heavy (non-hydrogen) atoms. The van der Waals surface area contributed by atoms with Gasteiger partial charge in [0.2, 0.25) is 0 Å². The van der Waals surface area contributed by atoms with E-state index in [0.29, 0.717) is 0 Å². The van der Waals surface area contributed by atoms with Crippen LogP contribution in [0.2, 0.25) is 0 Å². The van der Waals surface area contributed by atoms with E-state index >= 15 is 0 Å². The van der Waals surface area contributed by atoms with Gasteiger partial charge in [-0.05, 0) is 39.2 Å². The second-order valence-electron chi connectivity index (χ2n) is 3.51. The van der Waals surface area contributed by atoms with Crippen LogP contribution >= 0.6 is 0 Å². The summed E-state index contributed by atoms with van der Waals surface area (Å²) in [7, 11) is 0. The van der Waals surface area contributed by atoms with Crippen molar-refractivity contribution in [3.05, 3.63) is 11.1 Å². The molecule has 0 saturated carbocycles. The van der Waals surface area contributed by atoms with E-state index < -0.39 is 0 Å². The molecule has 0 radical (unpaired) electrons. The minimum absolute atomic E-state index is 0.829. The lowest BCUT2D eigenvalue weighted by Gasteiger charge is -2.12. The first-order valence-corrected chi connectivity index (χ1v) is 4.62. The van der Waals surface area contributed by atoms with Crippen molar-refractivity contribution in [1.29, 1.82) is 0 Å². The van der Waals surface area contributed by atoms with Crippen LogP contribution in [0.3, 0.4) is 0 Å². The molecule has 1 aliphatic rings. The number of nitrogens with one attached hydrogen (secondary N) is 1. The molecule has 1 N–H and O–H groups in total. The van der Waals surface area contributed by atoms with Gasteiger partial charge in [-0.3, -0.25) is 0 Å². The summed E-state index contributed by atoms with van der Waals surface area (Å²) in [4.78, 5) is 0. The molecule has 1 rings (SSSR count). The minimum atomic E-state index is 0.829. The summed E-state index contributed by atoms with van der Waals surface area (Å²) in [6, 6.07) is 0. The van der Waals surface area contributed by atoms with Crippen molar-refractivity contribution in [1.82, 2.24) is 5.32 Å². The van der Waals surface area contributed by atoms with Gasteiger partial charge < -0.3 is 5.32 Å². The predicted octanol–water partition coefficient (Wildman–Crippen LogP) is 2.34. The zero-order valence-electron chi connectivity index (χ0n) is 7.91. The Morgan fingerprint density at radius 1 is 1.45 bits per heavy atom. The van der Waals surface area contributed by atoms with Gasteiger partial charge in [-0.1, -0.05) is 18.1 Å². The van der Waals surface area contributed by atoms with Crippen LogP contribution in [0.25, 0.3) is 0 Å². The van der Waals surface area contributed by atoms with Crippen molar-refractivity contribution in [3.63, 3.8) is 0 Å². The van der Waals surface area contributed by atoms with Gasteiger partial charge in [0.15, 0.2) is 0 Å². The van der Waals surface area contributed by atoms with Gasteiger partial charge in [-0.2, -0.15) is 0 Å². The van der Waals surface area contributed by atoms with Crippen molar-refractivity contribution < 1.29 is 0 Å². The summed E-state index contributed by atoms with van der Waals surface area (Å²) in [6.45, 7) is 9.19. The SMILES string of the molecule is CC/C(C)=C(\C)C1CCNC1. The third-order valence-corrected chi connectivity index (χ3v) is 2.88. The fourth-order valence-corrected chi connectivity index (χ4v) is 1.65. The minimum Gasteiger partial charge on any atom is -0.316 e. The molecule has 0 aromatic carbocycles. The highest BCUT2D eigenvalue weighted by Crippen LogP contribution is 2.22. The second-order valence-corrected chi connectivity index (χ2v) is 3.51. The van der Waals surface area contributed by atoms with Crippen LogP contribution in [0.4, 0.5) is 0 Å². The van der Waals surface area contributed by atoms with Gasteiger partial charge in [0.05, 0.1) is 0 Å². The summed E-state index contributed by atoms with van der Waals surface area (Å²) in [6.07, 6.45) is 2.55. The average Bonchev–Trinajstić information content (AvgIpc) is 2.53. The Balaban J connectivity index is 2.57. The topological polar surface area (TPSA) is 12.0 Å². The zero-order chi connectivity index (χ0) is 8.27. The standard InChI is InChI=1S/C10H19N/c1-4-8(2)9(3)10-5-6-11-7-10/h10-11H,4-7H2,1-3H3/b9-8+. The summed E-state index contributed by atoms with van der Waals surface area (Å²) >= 11 is 0. The summed E-state index contributed by atoms with van der Waals surface area (Å²) in [5.41, 5.74) is 3.20. The quantitative estimate of drug-likeness (QED) is 0.600. The van der Waals surface area contributed by atoms with E-state index in [2.05, 4.69) is 26.1 Å². The molecule has 0 amide bonds. The Morgan fingerprint density at radius 3 is 2.64 bits per heavy atom. The lowest BCUT2D eigenvalue weighted by molar-refractivity contribution is 0.668. The van der Waals surface area contributed by atoms with E-state index in [4.69, 9.17) is 0 Å². The van der Waals surface area contributed by atoms with Crippen molar-refractivity contribution >= 4 is 0 Å². The van der Waals surface area contributed by atoms with Gasteiger partial charge in [-0.15, -0.1) is 0 Å². The van der Waals surface area contributed by atoms with Crippen LogP contribution in [0.5, 0.6) is 0 Å². The van der Waals surface area contributed by atoms with Gasteiger partial charge >= 0.3 is 0 Å². The molecule has 0 aromatic rings. The molecule has 1 nitrogen and oxygen atoms in total. The lowest BCUT2D eigenvalue weighted by atomic mass is 9.94. The van der Waals surface area contributed by atoms with Crippen LogP contribution in [-0.2, 0) is 0 Å². The Bertz CT molecular complexity index is 152. The molecule has 64 valence electrons. The third kappa shape index (κ3) is 2.06. The number of hydrogen-bond acceptors (Lipinski definition) is 1. The Morgan fingerprint density at radius 2 is 2.18 bits per heavy atom. The molecule has 1 fully saturated rings. The highest BCUT2D eigenvalue weighted by molar-refractivity contribution is 5.14. The number of hydrogen-bond donors (Lipinski definition) is 1. The Labute approximate surface area is 69.9 Å². The summed E-state index contributed by atoms with van der Waals surface area (Å²) in [5.74, 6) is 0.829. The van der Waals surface area contributed by atoms with Crippen LogP contribution in [0.1, 0.15) is 33.6 Å². The van der Waals surface area contributed by atoms with Crippen LogP contribution in [-0.4, -0.2) is 13.1 Å². The van der Waals surface area contributed by atoms with Crippen molar-refractivity contribution in [3.8, 4) is 0 Å². The van der Waals surface area contributed by atoms with Crippen LogP contribution in [0.15, 0.2) is 11.1 Å². The maximum Gasteiger partial charge on any atom is 0.00173 e. The zero-order valence-corrected chi connectivity index (χ0v) is 7.91. The summed E-state index contributed by atoms with van der Waals surface area (Å²) in [5, 5.41) is 3.40. The van der Waals surface area contributed by atoms with Crippen LogP contribution in [0, 0.1) is 5.92 Å². The molecular formula is C10H19N. The fourth-order valence-electron chi connectivity index (χ4n) is 1.65. The number of allylic oxidation sites excluding steroid dienone is 1. The largest absolute Gasteiger partial charge is 0.316 e. The first-order valence-electron chi connectivity index (χ1n) is 4.62. The lowest BCUT2D eigenvalue weighted by Crippen LogP contribution is -2.10. The highest BCUT2D eigenvalue weighted by Gasteiger charge is 2.16. The Kier molecular flexibility index (Phi) is 3.13. The highest BCUT2D eigenvalue weighted by atomic mass is 14.9. The van der Waals surface area contributed by atoms with E-state index in [9.17, 15) is 0 Å². The van der Waals surface area contributed by atoms with Crippen molar-refractivity contribution in [2.75, 3.05) is 13.1 Å². The molecule has 1 aliphatic heterocycles.